The fraction of sp³-hybridized carbons (Fsp3) is 0.364. The second-order valence-corrected chi connectivity index (χ2v) is 4.11. The highest BCUT2D eigenvalue weighted by Gasteiger charge is 2.19. The van der Waals surface area contributed by atoms with Crippen LogP contribution in [0.3, 0.4) is 0 Å². The SMILES string of the molecule is Cc1nn(C)c(-n2cnc(C)c2C)c1C(=N)N. The number of nitrogen functional groups attached to an aromatic ring is 1. The molecule has 6 nitrogen and oxygen atoms in total. The van der Waals surface area contributed by atoms with Gasteiger partial charge in [-0.1, -0.05) is 0 Å². The van der Waals surface area contributed by atoms with E-state index in [1.807, 2.05) is 32.4 Å². The molecule has 0 bridgehead atoms. The lowest BCUT2D eigenvalue weighted by Gasteiger charge is -2.08. The summed E-state index contributed by atoms with van der Waals surface area (Å²) in [5.41, 5.74) is 9.01. The van der Waals surface area contributed by atoms with Crippen molar-refractivity contribution in [2.24, 2.45) is 12.8 Å². The number of amidine groups is 1. The van der Waals surface area contributed by atoms with Gasteiger partial charge in [-0.2, -0.15) is 5.10 Å². The van der Waals surface area contributed by atoms with E-state index >= 15 is 0 Å². The van der Waals surface area contributed by atoms with E-state index in [2.05, 4.69) is 10.1 Å². The molecule has 0 aliphatic rings. The molecular weight excluding hydrogens is 216 g/mol. The number of nitrogens with one attached hydrogen (secondary N) is 1. The Morgan fingerprint density at radius 3 is 2.41 bits per heavy atom. The first-order valence-electron chi connectivity index (χ1n) is 5.32. The van der Waals surface area contributed by atoms with Crippen LogP contribution in [0.1, 0.15) is 22.6 Å². The van der Waals surface area contributed by atoms with Gasteiger partial charge in [0.05, 0.1) is 17.0 Å². The van der Waals surface area contributed by atoms with Gasteiger partial charge in [-0.3, -0.25) is 14.7 Å². The van der Waals surface area contributed by atoms with Crippen molar-refractivity contribution in [1.29, 1.82) is 5.41 Å². The summed E-state index contributed by atoms with van der Waals surface area (Å²) < 4.78 is 3.63. The van der Waals surface area contributed by atoms with Crippen LogP contribution in [0.5, 0.6) is 0 Å². The van der Waals surface area contributed by atoms with Gasteiger partial charge in [-0.15, -0.1) is 0 Å². The second-order valence-electron chi connectivity index (χ2n) is 4.11. The standard InChI is InChI=1S/C11H16N6/c1-6-8(3)17(5-14-6)11-9(10(12)13)7(2)15-16(11)4/h5H,1-4H3,(H3,12,13). The zero-order valence-corrected chi connectivity index (χ0v) is 10.4. The molecule has 0 atom stereocenters. The van der Waals surface area contributed by atoms with Crippen LogP contribution in [-0.4, -0.2) is 25.2 Å². The minimum atomic E-state index is 0.0244. The Labute approximate surface area is 99.6 Å². The molecule has 0 saturated carbocycles. The number of hydrogen-bond donors (Lipinski definition) is 2. The average molecular weight is 232 g/mol. The molecule has 2 aromatic rings. The van der Waals surface area contributed by atoms with E-state index in [-0.39, 0.29) is 5.84 Å². The first-order chi connectivity index (χ1) is 7.93. The molecule has 90 valence electrons. The highest BCUT2D eigenvalue weighted by molar-refractivity contribution is 5.99. The van der Waals surface area contributed by atoms with Crippen LogP contribution < -0.4 is 5.73 Å². The van der Waals surface area contributed by atoms with Crippen LogP contribution in [0.2, 0.25) is 0 Å². The van der Waals surface area contributed by atoms with Crippen LogP contribution in [0, 0.1) is 26.2 Å². The van der Waals surface area contributed by atoms with Crippen molar-refractivity contribution in [3.63, 3.8) is 0 Å². The Morgan fingerprint density at radius 1 is 1.29 bits per heavy atom. The third-order valence-electron chi connectivity index (χ3n) is 2.94. The van der Waals surface area contributed by atoms with E-state index in [1.54, 1.807) is 11.0 Å². The lowest BCUT2D eigenvalue weighted by Crippen LogP contribution is -2.16. The second kappa shape index (κ2) is 3.73. The quantitative estimate of drug-likeness (QED) is 0.593. The van der Waals surface area contributed by atoms with Crippen molar-refractivity contribution in [1.82, 2.24) is 19.3 Å². The van der Waals surface area contributed by atoms with E-state index in [0.717, 1.165) is 22.9 Å². The van der Waals surface area contributed by atoms with Crippen molar-refractivity contribution < 1.29 is 0 Å². The monoisotopic (exact) mass is 232 g/mol. The highest BCUT2D eigenvalue weighted by Crippen LogP contribution is 2.20. The van der Waals surface area contributed by atoms with Gasteiger partial charge in [-0.05, 0) is 20.8 Å². The molecule has 0 amide bonds. The van der Waals surface area contributed by atoms with E-state index in [0.29, 0.717) is 5.56 Å². The van der Waals surface area contributed by atoms with Gasteiger partial charge in [0, 0.05) is 12.7 Å². The molecule has 0 aromatic carbocycles. The molecule has 0 radical (unpaired) electrons. The maximum atomic E-state index is 7.65. The summed E-state index contributed by atoms with van der Waals surface area (Å²) in [7, 11) is 1.84. The third-order valence-corrected chi connectivity index (χ3v) is 2.94. The number of nitrogens with zero attached hydrogens (tertiary/aromatic N) is 4. The largest absolute Gasteiger partial charge is 0.384 e. The van der Waals surface area contributed by atoms with Crippen LogP contribution >= 0.6 is 0 Å². The number of rotatable bonds is 2. The van der Waals surface area contributed by atoms with Gasteiger partial charge in [0.2, 0.25) is 0 Å². The molecule has 0 saturated heterocycles. The van der Waals surface area contributed by atoms with Crippen LogP contribution in [0.25, 0.3) is 5.82 Å². The molecule has 17 heavy (non-hydrogen) atoms. The molecule has 3 N–H and O–H groups in total. The van der Waals surface area contributed by atoms with Crippen molar-refractivity contribution >= 4 is 5.84 Å². The number of aryl methyl sites for hydroxylation is 3. The molecule has 2 heterocycles. The molecule has 0 fully saturated rings. The molecule has 2 rings (SSSR count). The summed E-state index contributed by atoms with van der Waals surface area (Å²) in [6, 6.07) is 0. The van der Waals surface area contributed by atoms with Gasteiger partial charge >= 0.3 is 0 Å². The highest BCUT2D eigenvalue weighted by atomic mass is 15.3. The summed E-state index contributed by atoms with van der Waals surface area (Å²) in [5, 5.41) is 12.0. The average Bonchev–Trinajstić information content (AvgIpc) is 2.69. The predicted octanol–water partition coefficient (Wildman–Crippen LogP) is 0.815. The number of imidazole rings is 1. The van der Waals surface area contributed by atoms with Crippen LogP contribution in [0.15, 0.2) is 6.33 Å². The van der Waals surface area contributed by atoms with Gasteiger partial charge in [0.15, 0.2) is 0 Å². The molecule has 6 heteroatoms. The van der Waals surface area contributed by atoms with Crippen molar-refractivity contribution in [2.45, 2.75) is 20.8 Å². The number of hydrogen-bond acceptors (Lipinski definition) is 3. The summed E-state index contributed by atoms with van der Waals surface area (Å²) in [6.45, 7) is 5.77. The minimum Gasteiger partial charge on any atom is -0.384 e. The topological polar surface area (TPSA) is 85.5 Å². The molecule has 0 unspecified atom stereocenters. The normalized spacial score (nSPS) is 10.8. The molecule has 0 spiro atoms. The van der Waals surface area contributed by atoms with E-state index in [1.165, 1.54) is 0 Å². The van der Waals surface area contributed by atoms with Gasteiger partial charge in [0.25, 0.3) is 0 Å². The summed E-state index contributed by atoms with van der Waals surface area (Å²) >= 11 is 0. The van der Waals surface area contributed by atoms with E-state index < -0.39 is 0 Å². The molecule has 0 aliphatic heterocycles. The summed E-state index contributed by atoms with van der Waals surface area (Å²) in [6.07, 6.45) is 1.73. The van der Waals surface area contributed by atoms with E-state index in [4.69, 9.17) is 11.1 Å². The lowest BCUT2D eigenvalue weighted by atomic mass is 10.2. The first kappa shape index (κ1) is 11.4. The van der Waals surface area contributed by atoms with E-state index in [9.17, 15) is 0 Å². The predicted molar refractivity (Wildman–Crippen MR) is 65.6 cm³/mol. The molecule has 2 aromatic heterocycles. The Hall–Kier alpha value is -2.11. The lowest BCUT2D eigenvalue weighted by molar-refractivity contribution is 0.716. The zero-order chi connectivity index (χ0) is 12.7. The van der Waals surface area contributed by atoms with Crippen LogP contribution in [-0.2, 0) is 7.05 Å². The number of nitrogens with two attached hydrogens (primary N) is 1. The third kappa shape index (κ3) is 1.61. The van der Waals surface area contributed by atoms with Crippen molar-refractivity contribution in [3.05, 3.63) is 29.0 Å². The van der Waals surface area contributed by atoms with Gasteiger partial charge in [-0.25, -0.2) is 4.98 Å². The summed E-state index contributed by atoms with van der Waals surface area (Å²) in [5.74, 6) is 0.810. The fourth-order valence-electron chi connectivity index (χ4n) is 1.95. The Balaban J connectivity index is 2.75. The Morgan fingerprint density at radius 2 is 1.94 bits per heavy atom. The van der Waals surface area contributed by atoms with Crippen molar-refractivity contribution in [2.75, 3.05) is 0 Å². The molecular formula is C11H16N6. The number of aromatic nitrogens is 4. The Bertz CT molecular complexity index is 589. The summed E-state index contributed by atoms with van der Waals surface area (Å²) in [4.78, 5) is 4.25. The minimum absolute atomic E-state index is 0.0244. The Kier molecular flexibility index (Phi) is 2.49. The van der Waals surface area contributed by atoms with Gasteiger partial charge < -0.3 is 5.73 Å². The first-order valence-corrected chi connectivity index (χ1v) is 5.32. The smallest absolute Gasteiger partial charge is 0.147 e. The fourth-order valence-corrected chi connectivity index (χ4v) is 1.95. The van der Waals surface area contributed by atoms with Crippen molar-refractivity contribution in [3.8, 4) is 5.82 Å². The van der Waals surface area contributed by atoms with Crippen LogP contribution in [0.4, 0.5) is 0 Å². The maximum Gasteiger partial charge on any atom is 0.147 e. The van der Waals surface area contributed by atoms with Gasteiger partial charge in [0.1, 0.15) is 18.0 Å². The maximum absolute atomic E-state index is 7.65. The molecule has 0 aliphatic carbocycles. The zero-order valence-electron chi connectivity index (χ0n) is 10.4.